The van der Waals surface area contributed by atoms with Crippen molar-refractivity contribution in [2.24, 2.45) is 11.8 Å². The Bertz CT molecular complexity index is 682. The van der Waals surface area contributed by atoms with E-state index in [9.17, 15) is 18.5 Å². The highest BCUT2D eigenvalue weighted by Gasteiger charge is 2.28. The fourth-order valence-corrected chi connectivity index (χ4v) is 4.94. The number of nitrogens with one attached hydrogen (secondary N) is 1. The first-order valence-corrected chi connectivity index (χ1v) is 9.65. The zero-order valence-corrected chi connectivity index (χ0v) is 15.1. The smallest absolute Gasteiger partial charge is 0.289 e. The van der Waals surface area contributed by atoms with Crippen LogP contribution < -0.4 is 4.72 Å². The Hall–Kier alpha value is -1.51. The van der Waals surface area contributed by atoms with Gasteiger partial charge in [0, 0.05) is 31.7 Å². The molecule has 24 heavy (non-hydrogen) atoms. The number of nitro benzene ring substituents is 1. The molecule has 3 atom stereocenters. The first-order valence-electron chi connectivity index (χ1n) is 8.17. The van der Waals surface area contributed by atoms with E-state index >= 15 is 0 Å². The van der Waals surface area contributed by atoms with Gasteiger partial charge in [0.1, 0.15) is 0 Å². The number of para-hydroxylation sites is 1. The highest BCUT2D eigenvalue weighted by molar-refractivity contribution is 7.89. The molecule has 134 valence electrons. The SMILES string of the molecule is C[C@@H]1C[C@@H](C)CN(C[C@@H](C)NS(=O)(=O)c2ccccc2[N+](=O)[O-])C1. The third kappa shape index (κ3) is 4.75. The highest BCUT2D eigenvalue weighted by atomic mass is 32.2. The van der Waals surface area contributed by atoms with Crippen LogP contribution in [-0.2, 0) is 10.0 Å². The quantitative estimate of drug-likeness (QED) is 0.624. The summed E-state index contributed by atoms with van der Waals surface area (Å²) in [6.45, 7) is 8.67. The van der Waals surface area contributed by atoms with Crippen molar-refractivity contribution in [3.8, 4) is 0 Å². The number of nitro groups is 1. The molecule has 1 aliphatic heterocycles. The Morgan fingerprint density at radius 1 is 1.29 bits per heavy atom. The van der Waals surface area contributed by atoms with Crippen LogP contribution in [-0.4, -0.2) is 43.9 Å². The molecule has 0 unspecified atom stereocenters. The number of rotatable bonds is 6. The zero-order chi connectivity index (χ0) is 17.9. The summed E-state index contributed by atoms with van der Waals surface area (Å²) in [5, 5.41) is 11.0. The summed E-state index contributed by atoms with van der Waals surface area (Å²) in [6.07, 6.45) is 1.19. The van der Waals surface area contributed by atoms with Gasteiger partial charge in [0.05, 0.1) is 4.92 Å². The summed E-state index contributed by atoms with van der Waals surface area (Å²) in [5.41, 5.74) is -0.405. The second kappa shape index (κ2) is 7.58. The summed E-state index contributed by atoms with van der Waals surface area (Å²) >= 11 is 0. The van der Waals surface area contributed by atoms with E-state index in [1.165, 1.54) is 30.7 Å². The van der Waals surface area contributed by atoms with Crippen molar-refractivity contribution in [3.63, 3.8) is 0 Å². The number of piperidine rings is 1. The highest BCUT2D eigenvalue weighted by Crippen LogP contribution is 2.24. The van der Waals surface area contributed by atoms with Crippen molar-refractivity contribution in [1.82, 2.24) is 9.62 Å². The fourth-order valence-electron chi connectivity index (χ4n) is 3.53. The molecule has 0 saturated carbocycles. The standard InChI is InChI=1S/C16H25N3O4S/c1-12-8-13(2)10-18(9-12)11-14(3)17-24(22,23)16-7-5-4-6-15(16)19(20)21/h4-7,12-14,17H,8-11H2,1-3H3/t12-,13-,14-/m1/s1. The summed E-state index contributed by atoms with van der Waals surface area (Å²) in [5.74, 6) is 1.18. The second-order valence-electron chi connectivity index (χ2n) is 6.91. The van der Waals surface area contributed by atoms with E-state index in [0.29, 0.717) is 18.4 Å². The molecule has 8 heteroatoms. The van der Waals surface area contributed by atoms with Gasteiger partial charge < -0.3 is 4.90 Å². The number of hydrogen-bond acceptors (Lipinski definition) is 5. The lowest BCUT2D eigenvalue weighted by Crippen LogP contribution is -2.46. The summed E-state index contributed by atoms with van der Waals surface area (Å²) in [7, 11) is -3.93. The van der Waals surface area contributed by atoms with E-state index in [2.05, 4.69) is 23.5 Å². The Labute approximate surface area is 143 Å². The van der Waals surface area contributed by atoms with Crippen molar-refractivity contribution in [1.29, 1.82) is 0 Å². The third-order valence-electron chi connectivity index (χ3n) is 4.18. The van der Waals surface area contributed by atoms with E-state index in [1.54, 1.807) is 6.92 Å². The molecule has 0 aliphatic carbocycles. The molecule has 1 aromatic carbocycles. The van der Waals surface area contributed by atoms with E-state index in [4.69, 9.17) is 0 Å². The lowest BCUT2D eigenvalue weighted by Gasteiger charge is -2.36. The molecule has 1 N–H and O–H groups in total. The predicted octanol–water partition coefficient (Wildman–Crippen LogP) is 2.24. The minimum absolute atomic E-state index is 0.290. The molecule has 0 spiro atoms. The Kier molecular flexibility index (Phi) is 5.95. The molecular weight excluding hydrogens is 330 g/mol. The average molecular weight is 355 g/mol. The Morgan fingerprint density at radius 3 is 2.46 bits per heavy atom. The van der Waals surface area contributed by atoms with Crippen LogP contribution in [0.4, 0.5) is 5.69 Å². The summed E-state index contributed by atoms with van der Waals surface area (Å²) in [6, 6.07) is 5.08. The molecule has 0 amide bonds. The average Bonchev–Trinajstić information content (AvgIpc) is 2.45. The van der Waals surface area contributed by atoms with Crippen molar-refractivity contribution < 1.29 is 13.3 Å². The van der Waals surface area contributed by atoms with Crippen molar-refractivity contribution in [2.45, 2.75) is 38.1 Å². The van der Waals surface area contributed by atoms with E-state index < -0.39 is 20.6 Å². The predicted molar refractivity (Wildman–Crippen MR) is 92.3 cm³/mol. The molecule has 7 nitrogen and oxygen atoms in total. The largest absolute Gasteiger partial charge is 0.301 e. The molecule has 2 rings (SSSR count). The van der Waals surface area contributed by atoms with Crippen molar-refractivity contribution >= 4 is 15.7 Å². The topological polar surface area (TPSA) is 92.6 Å². The maximum absolute atomic E-state index is 12.5. The second-order valence-corrected chi connectivity index (χ2v) is 8.59. The van der Waals surface area contributed by atoms with Crippen LogP contribution in [0.3, 0.4) is 0 Å². The molecule has 0 bridgehead atoms. The summed E-state index contributed by atoms with van der Waals surface area (Å²) < 4.78 is 27.6. The van der Waals surface area contributed by atoms with Crippen LogP contribution in [0.25, 0.3) is 0 Å². The van der Waals surface area contributed by atoms with Gasteiger partial charge in [0.15, 0.2) is 4.90 Å². The Morgan fingerprint density at radius 2 is 1.88 bits per heavy atom. The molecular formula is C16H25N3O4S. The van der Waals surface area contributed by atoms with E-state index in [1.807, 2.05) is 0 Å². The number of likely N-dealkylation sites (tertiary alicyclic amines) is 1. The molecule has 1 heterocycles. The van der Waals surface area contributed by atoms with Gasteiger partial charge in [-0.05, 0) is 31.2 Å². The van der Waals surface area contributed by atoms with Gasteiger partial charge in [0.2, 0.25) is 10.0 Å². The normalized spacial score (nSPS) is 23.8. The van der Waals surface area contributed by atoms with Crippen molar-refractivity contribution in [3.05, 3.63) is 34.4 Å². The van der Waals surface area contributed by atoms with Gasteiger partial charge in [-0.15, -0.1) is 0 Å². The lowest BCUT2D eigenvalue weighted by molar-refractivity contribution is -0.387. The van der Waals surface area contributed by atoms with Gasteiger partial charge in [-0.2, -0.15) is 0 Å². The van der Waals surface area contributed by atoms with Gasteiger partial charge in [-0.25, -0.2) is 13.1 Å². The van der Waals surface area contributed by atoms with E-state index in [0.717, 1.165) is 13.1 Å². The maximum atomic E-state index is 12.5. The minimum Gasteiger partial charge on any atom is -0.301 e. The van der Waals surface area contributed by atoms with Crippen LogP contribution in [0.2, 0.25) is 0 Å². The van der Waals surface area contributed by atoms with E-state index in [-0.39, 0.29) is 10.9 Å². The molecule has 1 saturated heterocycles. The van der Waals surface area contributed by atoms with Gasteiger partial charge >= 0.3 is 0 Å². The maximum Gasteiger partial charge on any atom is 0.289 e. The van der Waals surface area contributed by atoms with Crippen LogP contribution in [0.1, 0.15) is 27.2 Å². The first kappa shape index (κ1) is 18.8. The van der Waals surface area contributed by atoms with Crippen molar-refractivity contribution in [2.75, 3.05) is 19.6 Å². The molecule has 0 aromatic heterocycles. The van der Waals surface area contributed by atoms with Gasteiger partial charge in [-0.1, -0.05) is 26.0 Å². The van der Waals surface area contributed by atoms with Crippen LogP contribution >= 0.6 is 0 Å². The monoisotopic (exact) mass is 355 g/mol. The summed E-state index contributed by atoms with van der Waals surface area (Å²) in [4.78, 5) is 12.3. The Balaban J connectivity index is 2.08. The molecule has 1 aromatic rings. The van der Waals surface area contributed by atoms with Gasteiger partial charge in [-0.3, -0.25) is 10.1 Å². The number of benzene rings is 1. The van der Waals surface area contributed by atoms with Crippen LogP contribution in [0.15, 0.2) is 29.2 Å². The van der Waals surface area contributed by atoms with Crippen LogP contribution in [0, 0.1) is 22.0 Å². The minimum atomic E-state index is -3.93. The number of sulfonamides is 1. The lowest BCUT2D eigenvalue weighted by atomic mass is 9.92. The van der Waals surface area contributed by atoms with Crippen LogP contribution in [0.5, 0.6) is 0 Å². The fraction of sp³-hybridized carbons (Fsp3) is 0.625. The zero-order valence-electron chi connectivity index (χ0n) is 14.3. The number of hydrogen-bond donors (Lipinski definition) is 1. The molecule has 1 fully saturated rings. The molecule has 0 radical (unpaired) electrons. The first-order chi connectivity index (χ1) is 11.2. The number of nitrogens with zero attached hydrogens (tertiary/aromatic N) is 2. The van der Waals surface area contributed by atoms with Gasteiger partial charge in [0.25, 0.3) is 5.69 Å². The third-order valence-corrected chi connectivity index (χ3v) is 5.82. The molecule has 1 aliphatic rings.